The van der Waals surface area contributed by atoms with E-state index in [1.807, 2.05) is 35.2 Å². The normalized spacial score (nSPS) is 14.0. The van der Waals surface area contributed by atoms with Crippen LogP contribution in [0, 0.1) is 0 Å². The van der Waals surface area contributed by atoms with E-state index in [1.54, 1.807) is 18.2 Å². The van der Waals surface area contributed by atoms with E-state index in [0.717, 1.165) is 42.6 Å². The van der Waals surface area contributed by atoms with Gasteiger partial charge < -0.3 is 4.90 Å². The summed E-state index contributed by atoms with van der Waals surface area (Å²) in [5.74, 6) is 0.0856. The number of carbonyl (C=O) groups is 1. The highest BCUT2D eigenvalue weighted by Crippen LogP contribution is 2.25. The molecule has 0 saturated carbocycles. The molecule has 0 unspecified atom stereocenters. The lowest BCUT2D eigenvalue weighted by Gasteiger charge is -2.16. The number of likely N-dealkylation sites (tertiary alicyclic amines) is 1. The minimum Gasteiger partial charge on any atom is -0.343 e. The Bertz CT molecular complexity index is 1040. The van der Waals surface area contributed by atoms with Gasteiger partial charge in [0.05, 0.1) is 17.6 Å². The number of hydrogen-bond acceptors (Lipinski definition) is 3. The van der Waals surface area contributed by atoms with Gasteiger partial charge in [0.1, 0.15) is 0 Å². The van der Waals surface area contributed by atoms with Crippen LogP contribution < -0.4 is 5.56 Å². The molecular formula is C21H20ClN3O2. The van der Waals surface area contributed by atoms with E-state index in [0.29, 0.717) is 10.4 Å². The van der Waals surface area contributed by atoms with Crippen LogP contribution in [0.15, 0.2) is 53.3 Å². The molecule has 1 aliphatic heterocycles. The molecule has 0 bridgehead atoms. The van der Waals surface area contributed by atoms with Crippen molar-refractivity contribution in [3.63, 3.8) is 0 Å². The van der Waals surface area contributed by atoms with E-state index in [9.17, 15) is 9.59 Å². The molecule has 0 aliphatic carbocycles. The van der Waals surface area contributed by atoms with Crippen molar-refractivity contribution in [3.8, 4) is 11.3 Å². The molecule has 138 valence electrons. The molecule has 0 N–H and O–H groups in total. The summed E-state index contributed by atoms with van der Waals surface area (Å²) in [5, 5.41) is 6.64. The maximum atomic E-state index is 12.9. The Balaban J connectivity index is 1.72. The van der Waals surface area contributed by atoms with Crippen LogP contribution in [0.5, 0.6) is 0 Å². The van der Waals surface area contributed by atoms with Gasteiger partial charge in [-0.15, -0.1) is 0 Å². The fourth-order valence-corrected chi connectivity index (χ4v) is 3.66. The number of hydrogen-bond donors (Lipinski definition) is 0. The topological polar surface area (TPSA) is 55.2 Å². The molecule has 3 aromatic rings. The monoisotopic (exact) mass is 381 g/mol. The smallest absolute Gasteiger partial charge is 0.274 e. The maximum absolute atomic E-state index is 12.9. The molecule has 0 spiro atoms. The zero-order valence-corrected chi connectivity index (χ0v) is 15.7. The van der Waals surface area contributed by atoms with E-state index in [-0.39, 0.29) is 24.4 Å². The molecule has 1 aliphatic rings. The number of benzene rings is 2. The first-order valence-corrected chi connectivity index (χ1v) is 9.55. The van der Waals surface area contributed by atoms with Gasteiger partial charge in [0.15, 0.2) is 0 Å². The fraction of sp³-hybridized carbons (Fsp3) is 0.286. The lowest BCUT2D eigenvalue weighted by molar-refractivity contribution is -0.130. The average Bonchev–Trinajstić information content (AvgIpc) is 3.23. The van der Waals surface area contributed by atoms with E-state index < -0.39 is 0 Å². The number of amides is 1. The van der Waals surface area contributed by atoms with Gasteiger partial charge in [-0.25, -0.2) is 4.68 Å². The average molecular weight is 382 g/mol. The summed E-state index contributed by atoms with van der Waals surface area (Å²) in [6.07, 6.45) is 2.40. The van der Waals surface area contributed by atoms with Crippen molar-refractivity contribution in [2.75, 3.05) is 13.1 Å². The van der Waals surface area contributed by atoms with Crippen LogP contribution in [-0.2, 0) is 11.3 Å². The number of halogens is 1. The van der Waals surface area contributed by atoms with Crippen LogP contribution in [0.4, 0.5) is 0 Å². The number of nitrogens with zero attached hydrogens (tertiary/aromatic N) is 3. The lowest BCUT2D eigenvalue weighted by atomic mass is 10.1. The van der Waals surface area contributed by atoms with Crippen LogP contribution in [0.2, 0.25) is 5.02 Å². The Morgan fingerprint density at radius 1 is 1.00 bits per heavy atom. The molecular weight excluding hydrogens is 362 g/mol. The first-order chi connectivity index (χ1) is 13.1. The van der Waals surface area contributed by atoms with Crippen molar-refractivity contribution >= 4 is 28.3 Å². The SMILES string of the molecule is O=C(CCn1nc(-c2ccc(Cl)cc2)c2ccccc2c1=O)N1CCCC1. The molecule has 6 heteroatoms. The van der Waals surface area contributed by atoms with Gasteiger partial charge in [-0.3, -0.25) is 9.59 Å². The highest BCUT2D eigenvalue weighted by atomic mass is 35.5. The second-order valence-electron chi connectivity index (χ2n) is 6.77. The quantitative estimate of drug-likeness (QED) is 0.692. The van der Waals surface area contributed by atoms with Crippen molar-refractivity contribution < 1.29 is 4.79 Å². The Labute approximate surface area is 162 Å². The van der Waals surface area contributed by atoms with Crippen LogP contribution in [0.3, 0.4) is 0 Å². The summed E-state index contributed by atoms with van der Waals surface area (Å²) in [7, 11) is 0. The second-order valence-corrected chi connectivity index (χ2v) is 7.20. The summed E-state index contributed by atoms with van der Waals surface area (Å²) in [5.41, 5.74) is 1.43. The molecule has 5 nitrogen and oxygen atoms in total. The van der Waals surface area contributed by atoms with E-state index in [4.69, 9.17) is 11.6 Å². The minimum atomic E-state index is -0.169. The largest absolute Gasteiger partial charge is 0.343 e. The predicted octanol–water partition coefficient (Wildman–Crippen LogP) is 3.73. The minimum absolute atomic E-state index is 0.0856. The predicted molar refractivity (Wildman–Crippen MR) is 107 cm³/mol. The van der Waals surface area contributed by atoms with Crippen molar-refractivity contribution in [1.29, 1.82) is 0 Å². The molecule has 1 aromatic heterocycles. The highest BCUT2D eigenvalue weighted by Gasteiger charge is 2.18. The first kappa shape index (κ1) is 17.7. The zero-order chi connectivity index (χ0) is 18.8. The third-order valence-corrected chi connectivity index (χ3v) is 5.23. The summed E-state index contributed by atoms with van der Waals surface area (Å²) >= 11 is 6.00. The summed E-state index contributed by atoms with van der Waals surface area (Å²) in [4.78, 5) is 27.1. The Morgan fingerprint density at radius 2 is 1.67 bits per heavy atom. The maximum Gasteiger partial charge on any atom is 0.274 e. The summed E-state index contributed by atoms with van der Waals surface area (Å²) in [6.45, 7) is 1.91. The molecule has 1 saturated heterocycles. The van der Waals surface area contributed by atoms with Gasteiger partial charge >= 0.3 is 0 Å². The Hall–Kier alpha value is -2.66. The van der Waals surface area contributed by atoms with E-state index in [2.05, 4.69) is 5.10 Å². The van der Waals surface area contributed by atoms with Crippen molar-refractivity contribution in [2.24, 2.45) is 0 Å². The lowest BCUT2D eigenvalue weighted by Crippen LogP contribution is -2.31. The van der Waals surface area contributed by atoms with Gasteiger partial charge in [0, 0.05) is 35.5 Å². The van der Waals surface area contributed by atoms with Crippen molar-refractivity contribution in [1.82, 2.24) is 14.7 Å². The molecule has 0 radical (unpaired) electrons. The van der Waals surface area contributed by atoms with E-state index >= 15 is 0 Å². The molecule has 4 rings (SSSR count). The van der Waals surface area contributed by atoms with Gasteiger partial charge in [0.25, 0.3) is 5.56 Å². The highest BCUT2D eigenvalue weighted by molar-refractivity contribution is 6.30. The van der Waals surface area contributed by atoms with Crippen LogP contribution >= 0.6 is 11.6 Å². The molecule has 0 atom stereocenters. The number of carbonyl (C=O) groups excluding carboxylic acids is 1. The molecule has 2 aromatic carbocycles. The van der Waals surface area contributed by atoms with Gasteiger partial charge in [-0.05, 0) is 31.0 Å². The van der Waals surface area contributed by atoms with Crippen molar-refractivity contribution in [3.05, 3.63) is 63.9 Å². The molecule has 27 heavy (non-hydrogen) atoms. The Morgan fingerprint density at radius 3 is 2.37 bits per heavy atom. The number of aryl methyl sites for hydroxylation is 1. The third kappa shape index (κ3) is 3.60. The second kappa shape index (κ2) is 7.53. The first-order valence-electron chi connectivity index (χ1n) is 9.17. The number of rotatable bonds is 4. The zero-order valence-electron chi connectivity index (χ0n) is 14.9. The third-order valence-electron chi connectivity index (χ3n) is 4.98. The van der Waals surface area contributed by atoms with Crippen molar-refractivity contribution in [2.45, 2.75) is 25.8 Å². The summed E-state index contributed by atoms with van der Waals surface area (Å²) < 4.78 is 1.42. The van der Waals surface area contributed by atoms with Crippen LogP contribution in [0.25, 0.3) is 22.0 Å². The molecule has 2 heterocycles. The number of fused-ring (bicyclic) bond motifs is 1. The van der Waals surface area contributed by atoms with Gasteiger partial charge in [-0.1, -0.05) is 41.9 Å². The van der Waals surface area contributed by atoms with Crippen LogP contribution in [0.1, 0.15) is 19.3 Å². The van der Waals surface area contributed by atoms with Gasteiger partial charge in [-0.2, -0.15) is 5.10 Å². The standard InChI is InChI=1S/C21H20ClN3O2/c22-16-9-7-15(8-10-16)20-17-5-1-2-6-18(17)21(27)25(23-20)14-11-19(26)24-12-3-4-13-24/h1-2,5-10H,3-4,11-14H2. The molecule has 1 amide bonds. The molecule has 1 fully saturated rings. The summed E-state index contributed by atoms with van der Waals surface area (Å²) in [6, 6.07) is 14.8. The Kier molecular flexibility index (Phi) is 4.94. The number of aromatic nitrogens is 2. The van der Waals surface area contributed by atoms with Gasteiger partial charge in [0.2, 0.25) is 5.91 Å². The fourth-order valence-electron chi connectivity index (χ4n) is 3.53. The van der Waals surface area contributed by atoms with Crippen LogP contribution in [-0.4, -0.2) is 33.7 Å². The van der Waals surface area contributed by atoms with E-state index in [1.165, 1.54) is 4.68 Å².